The first-order chi connectivity index (χ1) is 11.9. The van der Waals surface area contributed by atoms with Crippen LogP contribution in [0.15, 0.2) is 53.0 Å². The molecule has 0 aliphatic carbocycles. The van der Waals surface area contributed by atoms with Crippen molar-refractivity contribution in [1.29, 1.82) is 0 Å². The van der Waals surface area contributed by atoms with E-state index in [-0.39, 0.29) is 17.5 Å². The van der Waals surface area contributed by atoms with Crippen LogP contribution < -0.4 is 9.80 Å². The second kappa shape index (κ2) is 6.00. The van der Waals surface area contributed by atoms with Crippen molar-refractivity contribution in [2.75, 3.05) is 21.3 Å². The molecule has 0 radical (unpaired) electrons. The van der Waals surface area contributed by atoms with Gasteiger partial charge in [-0.15, -0.1) is 0 Å². The summed E-state index contributed by atoms with van der Waals surface area (Å²) in [4.78, 5) is 16.3. The molecule has 2 aromatic rings. The number of hydrogen-bond acceptors (Lipinski definition) is 3. The molecule has 2 unspecified atom stereocenters. The highest BCUT2D eigenvalue weighted by Crippen LogP contribution is 2.40. The van der Waals surface area contributed by atoms with E-state index in [2.05, 4.69) is 15.9 Å². The predicted molar refractivity (Wildman–Crippen MR) is 102 cm³/mol. The van der Waals surface area contributed by atoms with E-state index in [0.29, 0.717) is 16.4 Å². The molecule has 2 aromatic carbocycles. The van der Waals surface area contributed by atoms with E-state index in [1.807, 2.05) is 12.1 Å². The lowest BCUT2D eigenvalue weighted by atomic mass is 10.1. The third-order valence-electron chi connectivity index (χ3n) is 4.59. The van der Waals surface area contributed by atoms with Gasteiger partial charge in [0.1, 0.15) is 0 Å². The second-order valence-electron chi connectivity index (χ2n) is 6.16. The fourth-order valence-electron chi connectivity index (χ4n) is 3.54. The molecule has 2 atom stereocenters. The molecule has 2 aliphatic heterocycles. The van der Waals surface area contributed by atoms with E-state index in [1.54, 1.807) is 41.3 Å². The Kier molecular flexibility index (Phi) is 4.05. The maximum atomic E-state index is 13.2. The van der Waals surface area contributed by atoms with Gasteiger partial charge in [0.2, 0.25) is 0 Å². The van der Waals surface area contributed by atoms with Crippen molar-refractivity contribution in [3.8, 4) is 0 Å². The highest BCUT2D eigenvalue weighted by atomic mass is 79.9. The van der Waals surface area contributed by atoms with Crippen molar-refractivity contribution < 1.29 is 13.2 Å². The molecular weight excluding hydrogens is 428 g/mol. The van der Waals surface area contributed by atoms with Gasteiger partial charge in [-0.05, 0) is 36.4 Å². The summed E-state index contributed by atoms with van der Waals surface area (Å²) >= 11 is 9.65. The Morgan fingerprint density at radius 3 is 2.20 bits per heavy atom. The van der Waals surface area contributed by atoms with Crippen LogP contribution in [0.1, 0.15) is 0 Å². The van der Waals surface area contributed by atoms with Crippen LogP contribution >= 0.6 is 27.5 Å². The fraction of sp³-hybridized carbons (Fsp3) is 0.235. The summed E-state index contributed by atoms with van der Waals surface area (Å²) in [7, 11) is -3.22. The summed E-state index contributed by atoms with van der Waals surface area (Å²) in [5, 5.41) is 0.427. The van der Waals surface area contributed by atoms with E-state index in [0.717, 1.165) is 4.47 Å². The quantitative estimate of drug-likeness (QED) is 0.668. The molecule has 0 spiro atoms. The van der Waals surface area contributed by atoms with Crippen LogP contribution in [0.5, 0.6) is 0 Å². The first-order valence-electron chi connectivity index (χ1n) is 7.70. The highest BCUT2D eigenvalue weighted by Gasteiger charge is 2.54. The van der Waals surface area contributed by atoms with Crippen LogP contribution in [0.2, 0.25) is 5.02 Å². The number of urea groups is 1. The normalized spacial score (nSPS) is 24.6. The SMILES string of the molecule is O=C1N(c2ccc(Br)cc2)C2CS(=O)(=O)CC2N1c1ccccc1Cl. The van der Waals surface area contributed by atoms with Gasteiger partial charge in [0, 0.05) is 10.2 Å². The minimum atomic E-state index is -3.22. The van der Waals surface area contributed by atoms with Crippen molar-refractivity contribution >= 4 is 54.8 Å². The van der Waals surface area contributed by atoms with Crippen LogP contribution in [0, 0.1) is 0 Å². The van der Waals surface area contributed by atoms with Crippen molar-refractivity contribution in [3.05, 3.63) is 58.0 Å². The lowest BCUT2D eigenvalue weighted by Gasteiger charge is -2.23. The Hall–Kier alpha value is -1.57. The second-order valence-corrected chi connectivity index (χ2v) is 9.64. The molecule has 2 amide bonds. The van der Waals surface area contributed by atoms with Gasteiger partial charge in [-0.2, -0.15) is 0 Å². The van der Waals surface area contributed by atoms with Crippen molar-refractivity contribution in [1.82, 2.24) is 0 Å². The maximum Gasteiger partial charge on any atom is 0.329 e. The van der Waals surface area contributed by atoms with E-state index in [1.165, 1.54) is 4.90 Å². The Labute approximate surface area is 159 Å². The van der Waals surface area contributed by atoms with Crippen molar-refractivity contribution in [2.24, 2.45) is 0 Å². The number of benzene rings is 2. The van der Waals surface area contributed by atoms with Crippen LogP contribution in [0.3, 0.4) is 0 Å². The number of carbonyl (C=O) groups is 1. The number of anilines is 2. The number of carbonyl (C=O) groups excluding carboxylic acids is 1. The molecule has 0 bridgehead atoms. The van der Waals surface area contributed by atoms with Crippen LogP contribution in [0.4, 0.5) is 16.2 Å². The van der Waals surface area contributed by atoms with Crippen molar-refractivity contribution in [3.63, 3.8) is 0 Å². The van der Waals surface area contributed by atoms with Gasteiger partial charge in [-0.25, -0.2) is 13.2 Å². The summed E-state index contributed by atoms with van der Waals surface area (Å²) in [6, 6.07) is 13.2. The third-order valence-corrected chi connectivity index (χ3v) is 7.13. The Morgan fingerprint density at radius 2 is 1.56 bits per heavy atom. The van der Waals surface area contributed by atoms with Gasteiger partial charge in [-0.3, -0.25) is 9.80 Å². The molecule has 2 saturated heterocycles. The lowest BCUT2D eigenvalue weighted by molar-refractivity contribution is 0.255. The standard InChI is InChI=1S/C17H14BrClN2O3S/c18-11-5-7-12(8-6-11)20-15-9-25(23,24)10-16(15)21(17(20)22)14-4-2-1-3-13(14)19/h1-8,15-16H,9-10H2. The molecule has 130 valence electrons. The van der Waals surface area contributed by atoms with Gasteiger partial charge < -0.3 is 0 Å². The number of para-hydroxylation sites is 1. The molecule has 2 aliphatic rings. The van der Waals surface area contributed by atoms with Crippen LogP contribution in [-0.2, 0) is 9.84 Å². The number of rotatable bonds is 2. The van der Waals surface area contributed by atoms with Crippen molar-refractivity contribution in [2.45, 2.75) is 12.1 Å². The molecular formula is C17H14BrClN2O3S. The monoisotopic (exact) mass is 440 g/mol. The van der Waals surface area contributed by atoms with Crippen LogP contribution in [-0.4, -0.2) is 38.0 Å². The zero-order valence-corrected chi connectivity index (χ0v) is 16.1. The topological polar surface area (TPSA) is 57.7 Å². The van der Waals surface area contributed by atoms with Gasteiger partial charge in [-0.1, -0.05) is 39.7 Å². The minimum absolute atomic E-state index is 0.0412. The molecule has 25 heavy (non-hydrogen) atoms. The fourth-order valence-corrected chi connectivity index (χ4v) is 5.95. The number of nitrogens with zero attached hydrogens (tertiary/aromatic N) is 2. The van der Waals surface area contributed by atoms with Crippen LogP contribution in [0.25, 0.3) is 0 Å². The molecule has 0 saturated carbocycles. The number of halogens is 2. The van der Waals surface area contributed by atoms with Gasteiger partial charge >= 0.3 is 6.03 Å². The Balaban J connectivity index is 1.83. The molecule has 8 heteroatoms. The largest absolute Gasteiger partial charge is 0.329 e. The average molecular weight is 442 g/mol. The zero-order valence-electron chi connectivity index (χ0n) is 13.0. The zero-order chi connectivity index (χ0) is 17.8. The van der Waals surface area contributed by atoms with E-state index >= 15 is 0 Å². The van der Waals surface area contributed by atoms with Gasteiger partial charge in [0.25, 0.3) is 0 Å². The highest BCUT2D eigenvalue weighted by molar-refractivity contribution is 9.10. The summed E-state index contributed by atoms with van der Waals surface area (Å²) < 4.78 is 25.4. The number of fused-ring (bicyclic) bond motifs is 1. The first kappa shape index (κ1) is 16.9. The summed E-state index contributed by atoms with van der Waals surface area (Å²) in [6.45, 7) is 0. The van der Waals surface area contributed by atoms with Gasteiger partial charge in [0.15, 0.2) is 9.84 Å². The molecule has 2 fully saturated rings. The lowest BCUT2D eigenvalue weighted by Crippen LogP contribution is -2.38. The Morgan fingerprint density at radius 1 is 0.960 bits per heavy atom. The van der Waals surface area contributed by atoms with E-state index in [9.17, 15) is 13.2 Å². The van der Waals surface area contributed by atoms with Gasteiger partial charge in [0.05, 0.1) is 34.3 Å². The molecule has 4 rings (SSSR count). The molecule has 0 aromatic heterocycles. The molecule has 5 nitrogen and oxygen atoms in total. The summed E-state index contributed by atoms with van der Waals surface area (Å²) in [6.07, 6.45) is 0. The maximum absolute atomic E-state index is 13.2. The average Bonchev–Trinajstić information content (AvgIpc) is 2.99. The van der Waals surface area contributed by atoms with E-state index < -0.39 is 21.9 Å². The third kappa shape index (κ3) is 2.84. The molecule has 0 N–H and O–H groups in total. The summed E-state index contributed by atoms with van der Waals surface area (Å²) in [5.41, 5.74) is 1.22. The predicted octanol–water partition coefficient (Wildman–Crippen LogP) is 3.71. The Bertz CT molecular complexity index is 949. The molecule has 2 heterocycles. The first-order valence-corrected chi connectivity index (χ1v) is 10.7. The minimum Gasteiger partial charge on any atom is -0.288 e. The number of sulfone groups is 1. The number of hydrogen-bond donors (Lipinski definition) is 0. The summed E-state index contributed by atoms with van der Waals surface area (Å²) in [5.74, 6) is -0.0952. The number of amides is 2. The smallest absolute Gasteiger partial charge is 0.288 e. The van der Waals surface area contributed by atoms with E-state index in [4.69, 9.17) is 11.6 Å².